The summed E-state index contributed by atoms with van der Waals surface area (Å²) in [7, 11) is 0. The van der Waals surface area contributed by atoms with Gasteiger partial charge >= 0.3 is 0 Å². The molecule has 1 aliphatic heterocycles. The first-order valence-electron chi connectivity index (χ1n) is 5.25. The third-order valence-electron chi connectivity index (χ3n) is 2.71. The Balaban J connectivity index is 1.93. The van der Waals surface area contributed by atoms with Crippen LogP contribution < -0.4 is 0 Å². The van der Waals surface area contributed by atoms with Crippen molar-refractivity contribution in [2.45, 2.75) is 18.9 Å². The number of hydrogen-bond donors (Lipinski definition) is 1. The van der Waals surface area contributed by atoms with E-state index in [0.29, 0.717) is 25.9 Å². The number of aliphatic hydroxyl groups is 1. The first kappa shape index (κ1) is 10.2. The van der Waals surface area contributed by atoms with Gasteiger partial charge in [-0.15, -0.1) is 0 Å². The molecule has 0 aliphatic carbocycles. The molecule has 15 heavy (non-hydrogen) atoms. The zero-order valence-corrected chi connectivity index (χ0v) is 8.60. The normalized spacial score (nSPS) is 20.6. The van der Waals surface area contributed by atoms with Crippen LogP contribution in [0.5, 0.6) is 0 Å². The van der Waals surface area contributed by atoms with E-state index in [-0.39, 0.29) is 12.0 Å². The summed E-state index contributed by atoms with van der Waals surface area (Å²) in [6.07, 6.45) is 0.818. The Morgan fingerprint density at radius 2 is 2.13 bits per heavy atom. The quantitative estimate of drug-likeness (QED) is 0.776. The molecule has 0 bridgehead atoms. The average molecular weight is 205 g/mol. The third-order valence-corrected chi connectivity index (χ3v) is 2.71. The van der Waals surface area contributed by atoms with Gasteiger partial charge in [-0.1, -0.05) is 30.3 Å². The minimum absolute atomic E-state index is 0.109. The molecule has 3 nitrogen and oxygen atoms in total. The highest BCUT2D eigenvalue weighted by Gasteiger charge is 2.24. The number of rotatable bonds is 2. The Morgan fingerprint density at radius 3 is 2.73 bits per heavy atom. The fourth-order valence-electron chi connectivity index (χ4n) is 1.85. The van der Waals surface area contributed by atoms with E-state index < -0.39 is 0 Å². The van der Waals surface area contributed by atoms with Gasteiger partial charge in [-0.25, -0.2) is 0 Å². The van der Waals surface area contributed by atoms with Crippen molar-refractivity contribution in [1.82, 2.24) is 4.90 Å². The Kier molecular flexibility index (Phi) is 3.02. The summed E-state index contributed by atoms with van der Waals surface area (Å²) in [6, 6.07) is 9.70. The van der Waals surface area contributed by atoms with E-state index in [2.05, 4.69) is 0 Å². The molecule has 2 rings (SSSR count). The van der Waals surface area contributed by atoms with Crippen LogP contribution in [-0.2, 0) is 11.2 Å². The van der Waals surface area contributed by atoms with Crippen LogP contribution in [0.1, 0.15) is 12.0 Å². The van der Waals surface area contributed by atoms with Crippen molar-refractivity contribution in [3.05, 3.63) is 35.9 Å². The molecule has 0 spiro atoms. The van der Waals surface area contributed by atoms with Gasteiger partial charge in [-0.2, -0.15) is 0 Å². The molecule has 1 aromatic carbocycles. The molecule has 80 valence electrons. The zero-order valence-electron chi connectivity index (χ0n) is 8.60. The molecule has 1 heterocycles. The fourth-order valence-corrected chi connectivity index (χ4v) is 1.85. The lowest BCUT2D eigenvalue weighted by Crippen LogP contribution is -2.30. The van der Waals surface area contributed by atoms with Crippen molar-refractivity contribution in [2.75, 3.05) is 13.1 Å². The molecule has 0 saturated carbocycles. The van der Waals surface area contributed by atoms with Crippen LogP contribution in [0.4, 0.5) is 0 Å². The number of hydrogen-bond acceptors (Lipinski definition) is 2. The summed E-state index contributed by atoms with van der Waals surface area (Å²) < 4.78 is 0. The topological polar surface area (TPSA) is 40.5 Å². The highest BCUT2D eigenvalue weighted by atomic mass is 16.3. The van der Waals surface area contributed by atoms with Crippen molar-refractivity contribution in [1.29, 1.82) is 0 Å². The molecule has 1 saturated heterocycles. The van der Waals surface area contributed by atoms with Crippen molar-refractivity contribution < 1.29 is 9.90 Å². The highest BCUT2D eigenvalue weighted by molar-refractivity contribution is 5.79. The first-order valence-corrected chi connectivity index (χ1v) is 5.25. The number of aliphatic hydroxyl groups excluding tert-OH is 1. The van der Waals surface area contributed by atoms with Crippen LogP contribution in [-0.4, -0.2) is 35.1 Å². The minimum atomic E-state index is -0.329. The van der Waals surface area contributed by atoms with Crippen LogP contribution in [0.3, 0.4) is 0 Å². The second kappa shape index (κ2) is 4.45. The van der Waals surface area contributed by atoms with E-state index >= 15 is 0 Å². The van der Waals surface area contributed by atoms with Crippen molar-refractivity contribution in [3.63, 3.8) is 0 Å². The van der Waals surface area contributed by atoms with Crippen molar-refractivity contribution in [2.24, 2.45) is 0 Å². The van der Waals surface area contributed by atoms with E-state index in [9.17, 15) is 9.90 Å². The number of β-amino-alcohol motifs (C(OH)–C–C–N with tert-alkyl or cyclic N) is 1. The first-order chi connectivity index (χ1) is 7.25. The second-order valence-electron chi connectivity index (χ2n) is 3.94. The number of carbonyl (C=O) groups excluding carboxylic acids is 1. The lowest BCUT2D eigenvalue weighted by Gasteiger charge is -2.15. The van der Waals surface area contributed by atoms with Crippen LogP contribution in [0.25, 0.3) is 0 Å². The Bertz CT molecular complexity index is 337. The molecule has 1 N–H and O–H groups in total. The molecule has 1 amide bonds. The van der Waals surface area contributed by atoms with E-state index in [1.165, 1.54) is 0 Å². The summed E-state index contributed by atoms with van der Waals surface area (Å²) in [5.74, 6) is 0.109. The Hall–Kier alpha value is -1.35. The largest absolute Gasteiger partial charge is 0.391 e. The van der Waals surface area contributed by atoms with Gasteiger partial charge in [-0.3, -0.25) is 4.79 Å². The predicted molar refractivity (Wildman–Crippen MR) is 57.3 cm³/mol. The van der Waals surface area contributed by atoms with Crippen LogP contribution in [0.2, 0.25) is 0 Å². The zero-order chi connectivity index (χ0) is 10.7. The summed E-state index contributed by atoms with van der Waals surface area (Å²) in [4.78, 5) is 13.5. The van der Waals surface area contributed by atoms with Gasteiger partial charge in [-0.05, 0) is 12.0 Å². The fraction of sp³-hybridized carbons (Fsp3) is 0.417. The standard InChI is InChI=1S/C12H15NO2/c14-11-6-7-13(9-11)12(15)8-10-4-2-1-3-5-10/h1-5,11,14H,6-9H2. The maximum atomic E-state index is 11.8. The average Bonchev–Trinajstić information content (AvgIpc) is 2.66. The van der Waals surface area contributed by atoms with Gasteiger partial charge in [0.2, 0.25) is 5.91 Å². The smallest absolute Gasteiger partial charge is 0.227 e. The lowest BCUT2D eigenvalue weighted by atomic mass is 10.1. The maximum Gasteiger partial charge on any atom is 0.227 e. The summed E-state index contributed by atoms with van der Waals surface area (Å²) >= 11 is 0. The van der Waals surface area contributed by atoms with Gasteiger partial charge in [0, 0.05) is 13.1 Å². The van der Waals surface area contributed by atoms with E-state index in [1.54, 1.807) is 4.90 Å². The van der Waals surface area contributed by atoms with Gasteiger partial charge in [0.25, 0.3) is 0 Å². The van der Waals surface area contributed by atoms with Gasteiger partial charge in [0.05, 0.1) is 12.5 Å². The van der Waals surface area contributed by atoms with Crippen LogP contribution in [0.15, 0.2) is 30.3 Å². The minimum Gasteiger partial charge on any atom is -0.391 e. The van der Waals surface area contributed by atoms with E-state index in [0.717, 1.165) is 5.56 Å². The number of nitrogens with zero attached hydrogens (tertiary/aromatic N) is 1. The molecule has 1 fully saturated rings. The van der Waals surface area contributed by atoms with Crippen molar-refractivity contribution >= 4 is 5.91 Å². The second-order valence-corrected chi connectivity index (χ2v) is 3.94. The molecular weight excluding hydrogens is 190 g/mol. The SMILES string of the molecule is O=C(Cc1ccccc1)N1CCC(O)C1. The highest BCUT2D eigenvalue weighted by Crippen LogP contribution is 2.11. The Labute approximate surface area is 89.3 Å². The molecule has 0 aromatic heterocycles. The maximum absolute atomic E-state index is 11.8. The number of carbonyl (C=O) groups is 1. The third kappa shape index (κ3) is 2.57. The number of likely N-dealkylation sites (tertiary alicyclic amines) is 1. The lowest BCUT2D eigenvalue weighted by molar-refractivity contribution is -0.129. The summed E-state index contributed by atoms with van der Waals surface area (Å²) in [5.41, 5.74) is 1.03. The summed E-state index contributed by atoms with van der Waals surface area (Å²) in [5, 5.41) is 9.32. The van der Waals surface area contributed by atoms with E-state index in [1.807, 2.05) is 30.3 Å². The van der Waals surface area contributed by atoms with Crippen LogP contribution >= 0.6 is 0 Å². The van der Waals surface area contributed by atoms with Gasteiger partial charge in [0.15, 0.2) is 0 Å². The molecule has 0 radical (unpaired) electrons. The number of benzene rings is 1. The van der Waals surface area contributed by atoms with Gasteiger partial charge in [0.1, 0.15) is 0 Å². The molecule has 1 aromatic rings. The van der Waals surface area contributed by atoms with Gasteiger partial charge < -0.3 is 10.0 Å². The molecule has 1 unspecified atom stereocenters. The molecule has 1 atom stereocenters. The predicted octanol–water partition coefficient (Wildman–Crippen LogP) is 0.822. The van der Waals surface area contributed by atoms with Crippen molar-refractivity contribution in [3.8, 4) is 0 Å². The number of amides is 1. The van der Waals surface area contributed by atoms with E-state index in [4.69, 9.17) is 0 Å². The molecular formula is C12H15NO2. The molecule has 3 heteroatoms. The monoisotopic (exact) mass is 205 g/mol. The molecule has 1 aliphatic rings. The Morgan fingerprint density at radius 1 is 1.40 bits per heavy atom. The van der Waals surface area contributed by atoms with Crippen LogP contribution in [0, 0.1) is 0 Å². The summed E-state index contributed by atoms with van der Waals surface area (Å²) in [6.45, 7) is 1.18.